The number of aromatic nitrogens is 4. The van der Waals surface area contributed by atoms with E-state index in [0.29, 0.717) is 31.9 Å². The molecule has 0 spiro atoms. The van der Waals surface area contributed by atoms with Crippen molar-refractivity contribution in [2.45, 2.75) is 65.7 Å². The number of halogens is 1. The molecule has 0 aliphatic carbocycles. The molecule has 3 heterocycles. The number of rotatable bonds is 9. The Bertz CT molecular complexity index is 1280. The molecule has 1 amide bonds. The van der Waals surface area contributed by atoms with Gasteiger partial charge >= 0.3 is 5.97 Å². The standard InChI is InChI=1S/C28H37FN6O3/c1-5-8-19(3)26-30-27(25-20(4)32-35(28(25)31-26)22-11-9-21(29)10-12-22)34-16-7-15-33(17-18-34)23(36)13-14-24(37)38-6-2/h9-12,19H,5-8,13-18H2,1-4H3. The molecule has 1 unspecified atom stereocenters. The number of esters is 1. The van der Waals surface area contributed by atoms with Crippen molar-refractivity contribution in [2.75, 3.05) is 37.7 Å². The van der Waals surface area contributed by atoms with E-state index in [-0.39, 0.29) is 36.5 Å². The Morgan fingerprint density at radius 2 is 1.82 bits per heavy atom. The van der Waals surface area contributed by atoms with Gasteiger partial charge in [-0.15, -0.1) is 0 Å². The number of amides is 1. The first kappa shape index (κ1) is 27.5. The van der Waals surface area contributed by atoms with Crippen LogP contribution in [0.5, 0.6) is 0 Å². The highest BCUT2D eigenvalue weighted by Gasteiger charge is 2.26. The first-order chi connectivity index (χ1) is 18.3. The number of anilines is 1. The highest BCUT2D eigenvalue weighted by atomic mass is 19.1. The molecule has 4 rings (SSSR count). The number of aryl methyl sites for hydroxylation is 1. The molecule has 38 heavy (non-hydrogen) atoms. The van der Waals surface area contributed by atoms with E-state index in [9.17, 15) is 14.0 Å². The molecule has 1 aromatic carbocycles. The van der Waals surface area contributed by atoms with Crippen molar-refractivity contribution in [1.29, 1.82) is 0 Å². The maximum absolute atomic E-state index is 13.6. The second-order valence-corrected chi connectivity index (χ2v) is 9.79. The molecule has 0 bridgehead atoms. The molecule has 204 valence electrons. The van der Waals surface area contributed by atoms with Gasteiger partial charge in [0.15, 0.2) is 5.65 Å². The van der Waals surface area contributed by atoms with E-state index in [1.54, 1.807) is 23.7 Å². The van der Waals surface area contributed by atoms with Gasteiger partial charge in [-0.3, -0.25) is 9.59 Å². The third-order valence-electron chi connectivity index (χ3n) is 6.93. The Morgan fingerprint density at radius 3 is 2.53 bits per heavy atom. The van der Waals surface area contributed by atoms with Crippen LogP contribution in [0, 0.1) is 12.7 Å². The van der Waals surface area contributed by atoms with Crippen LogP contribution < -0.4 is 4.90 Å². The lowest BCUT2D eigenvalue weighted by Crippen LogP contribution is -2.35. The van der Waals surface area contributed by atoms with Crippen LogP contribution in [0.2, 0.25) is 0 Å². The number of nitrogens with zero attached hydrogens (tertiary/aromatic N) is 6. The minimum atomic E-state index is -0.344. The zero-order valence-electron chi connectivity index (χ0n) is 22.7. The van der Waals surface area contributed by atoms with E-state index < -0.39 is 0 Å². The summed E-state index contributed by atoms with van der Waals surface area (Å²) in [5.41, 5.74) is 2.22. The van der Waals surface area contributed by atoms with Crippen molar-refractivity contribution >= 4 is 28.7 Å². The van der Waals surface area contributed by atoms with Crippen LogP contribution in [0.4, 0.5) is 10.2 Å². The average Bonchev–Trinajstić information content (AvgIpc) is 3.07. The van der Waals surface area contributed by atoms with Crippen LogP contribution in [-0.4, -0.2) is 69.3 Å². The lowest BCUT2D eigenvalue weighted by molar-refractivity contribution is -0.145. The minimum Gasteiger partial charge on any atom is -0.466 e. The summed E-state index contributed by atoms with van der Waals surface area (Å²) < 4.78 is 20.3. The van der Waals surface area contributed by atoms with Crippen LogP contribution in [0.25, 0.3) is 16.7 Å². The van der Waals surface area contributed by atoms with Crippen LogP contribution in [-0.2, 0) is 14.3 Å². The largest absolute Gasteiger partial charge is 0.466 e. The van der Waals surface area contributed by atoms with Gasteiger partial charge < -0.3 is 14.5 Å². The fourth-order valence-electron chi connectivity index (χ4n) is 4.93. The summed E-state index contributed by atoms with van der Waals surface area (Å²) in [6, 6.07) is 6.24. The molecule has 1 atom stereocenters. The van der Waals surface area contributed by atoms with Gasteiger partial charge in [-0.05, 0) is 51.0 Å². The molecule has 0 N–H and O–H groups in total. The van der Waals surface area contributed by atoms with Crippen LogP contribution in [0.1, 0.15) is 70.3 Å². The minimum absolute atomic E-state index is 0.0368. The number of hydrogen-bond donors (Lipinski definition) is 0. The topological polar surface area (TPSA) is 93.5 Å². The normalized spacial score (nSPS) is 15.0. The molecule has 0 radical (unpaired) electrons. The van der Waals surface area contributed by atoms with Crippen molar-refractivity contribution in [3.05, 3.63) is 41.6 Å². The number of fused-ring (bicyclic) bond motifs is 1. The fraction of sp³-hybridized carbons (Fsp3) is 0.536. The summed E-state index contributed by atoms with van der Waals surface area (Å²) >= 11 is 0. The van der Waals surface area contributed by atoms with Gasteiger partial charge in [-0.1, -0.05) is 20.3 Å². The SMILES string of the molecule is CCCC(C)c1nc(N2CCCN(C(=O)CCC(=O)OCC)CC2)c2c(C)nn(-c3ccc(F)cc3)c2n1. The zero-order chi connectivity index (χ0) is 27.2. The predicted molar refractivity (Wildman–Crippen MR) is 144 cm³/mol. The van der Waals surface area contributed by atoms with Gasteiger partial charge in [0.2, 0.25) is 5.91 Å². The lowest BCUT2D eigenvalue weighted by atomic mass is 10.1. The van der Waals surface area contributed by atoms with Crippen molar-refractivity contribution < 1.29 is 18.7 Å². The molecule has 2 aromatic heterocycles. The summed E-state index contributed by atoms with van der Waals surface area (Å²) in [7, 11) is 0. The first-order valence-corrected chi connectivity index (χ1v) is 13.5. The van der Waals surface area contributed by atoms with Crippen LogP contribution in [0.15, 0.2) is 24.3 Å². The van der Waals surface area contributed by atoms with Crippen LogP contribution >= 0.6 is 0 Å². The summed E-state index contributed by atoms with van der Waals surface area (Å²) in [6.07, 6.45) is 3.00. The third kappa shape index (κ3) is 6.11. The Balaban J connectivity index is 1.65. The van der Waals surface area contributed by atoms with Crippen LogP contribution in [0.3, 0.4) is 0 Å². The molecule has 3 aromatic rings. The lowest BCUT2D eigenvalue weighted by Gasteiger charge is -2.24. The molecule has 9 nitrogen and oxygen atoms in total. The fourth-order valence-corrected chi connectivity index (χ4v) is 4.93. The van der Waals surface area contributed by atoms with E-state index in [1.165, 1.54) is 12.1 Å². The van der Waals surface area contributed by atoms with Crippen molar-refractivity contribution in [2.24, 2.45) is 0 Å². The van der Waals surface area contributed by atoms with E-state index in [2.05, 4.69) is 18.7 Å². The summed E-state index contributed by atoms with van der Waals surface area (Å²) in [4.78, 5) is 38.6. The van der Waals surface area contributed by atoms with Gasteiger partial charge in [0.25, 0.3) is 0 Å². The second-order valence-electron chi connectivity index (χ2n) is 9.79. The Labute approximate surface area is 223 Å². The number of hydrogen-bond acceptors (Lipinski definition) is 7. The molecular formula is C28H37FN6O3. The number of carbonyl (C=O) groups is 2. The van der Waals surface area contributed by atoms with Gasteiger partial charge in [0.1, 0.15) is 17.5 Å². The van der Waals surface area contributed by atoms with Crippen molar-refractivity contribution in [1.82, 2.24) is 24.6 Å². The van der Waals surface area contributed by atoms with Gasteiger partial charge in [0.05, 0.1) is 29.8 Å². The molecule has 1 fully saturated rings. The molecular weight excluding hydrogens is 487 g/mol. The van der Waals surface area contributed by atoms with Crippen molar-refractivity contribution in [3.8, 4) is 5.69 Å². The molecule has 10 heteroatoms. The molecule has 1 saturated heterocycles. The summed E-state index contributed by atoms with van der Waals surface area (Å²) in [6.45, 7) is 10.8. The number of ether oxygens (including phenoxy) is 1. The molecule has 0 saturated carbocycles. The van der Waals surface area contributed by atoms with Gasteiger partial charge in [0, 0.05) is 38.5 Å². The molecule has 1 aliphatic rings. The highest BCUT2D eigenvalue weighted by Crippen LogP contribution is 2.32. The quantitative estimate of drug-likeness (QED) is 0.379. The third-order valence-corrected chi connectivity index (χ3v) is 6.93. The van der Waals surface area contributed by atoms with E-state index in [0.717, 1.165) is 54.2 Å². The van der Waals surface area contributed by atoms with Gasteiger partial charge in [-0.2, -0.15) is 5.10 Å². The van der Waals surface area contributed by atoms with Gasteiger partial charge in [-0.25, -0.2) is 19.0 Å². The van der Waals surface area contributed by atoms with E-state index in [1.807, 2.05) is 11.8 Å². The van der Waals surface area contributed by atoms with E-state index in [4.69, 9.17) is 19.8 Å². The average molecular weight is 525 g/mol. The summed E-state index contributed by atoms with van der Waals surface area (Å²) in [5, 5.41) is 5.64. The smallest absolute Gasteiger partial charge is 0.306 e. The van der Waals surface area contributed by atoms with Crippen molar-refractivity contribution in [3.63, 3.8) is 0 Å². The Hall–Kier alpha value is -3.56. The predicted octanol–water partition coefficient (Wildman–Crippen LogP) is 4.55. The summed E-state index contributed by atoms with van der Waals surface area (Å²) in [5.74, 6) is 1.05. The highest BCUT2D eigenvalue weighted by molar-refractivity contribution is 5.91. The Kier molecular flexibility index (Phi) is 8.91. The zero-order valence-corrected chi connectivity index (χ0v) is 22.7. The maximum Gasteiger partial charge on any atom is 0.306 e. The van der Waals surface area contributed by atoms with E-state index >= 15 is 0 Å². The first-order valence-electron chi connectivity index (χ1n) is 13.5. The number of benzene rings is 1. The maximum atomic E-state index is 13.6. The Morgan fingerprint density at radius 1 is 1.05 bits per heavy atom. The number of carbonyl (C=O) groups excluding carboxylic acids is 2. The monoisotopic (exact) mass is 524 g/mol. The molecule has 1 aliphatic heterocycles. The second kappa shape index (κ2) is 12.3.